The van der Waals surface area contributed by atoms with Gasteiger partial charge in [-0.2, -0.15) is 10.2 Å². The van der Waals surface area contributed by atoms with Crippen molar-refractivity contribution in [2.24, 2.45) is 13.0 Å². The van der Waals surface area contributed by atoms with Gasteiger partial charge in [-0.1, -0.05) is 0 Å². The van der Waals surface area contributed by atoms with E-state index in [1.807, 2.05) is 19.1 Å². The Kier molecular flexibility index (Phi) is 4.36. The van der Waals surface area contributed by atoms with Crippen molar-refractivity contribution in [3.63, 3.8) is 0 Å². The summed E-state index contributed by atoms with van der Waals surface area (Å²) in [6.45, 7) is 4.97. The average Bonchev–Trinajstić information content (AvgIpc) is 3.06. The highest BCUT2D eigenvalue weighted by Gasteiger charge is 2.47. The zero-order chi connectivity index (χ0) is 18.1. The molecule has 1 spiro atoms. The molecule has 0 radical (unpaired) electrons. The van der Waals surface area contributed by atoms with Gasteiger partial charge in [-0.25, -0.2) is 0 Å². The van der Waals surface area contributed by atoms with Crippen molar-refractivity contribution in [3.8, 4) is 0 Å². The van der Waals surface area contributed by atoms with Gasteiger partial charge in [0.1, 0.15) is 5.60 Å². The molecule has 0 bridgehead atoms. The third-order valence-electron chi connectivity index (χ3n) is 5.22. The number of carbonyl (C=O) groups excluding carboxylic acids is 1. The molecule has 1 amide bonds. The summed E-state index contributed by atoms with van der Waals surface area (Å²) in [6.07, 6.45) is 5.37. The molecule has 1 atom stereocenters. The van der Waals surface area contributed by atoms with Crippen LogP contribution in [0.2, 0.25) is 0 Å². The number of amides is 1. The molecule has 2 aliphatic rings. The zero-order valence-electron chi connectivity index (χ0n) is 15.2. The molecular weight excluding hydrogens is 332 g/mol. The van der Waals surface area contributed by atoms with E-state index in [1.165, 1.54) is 0 Å². The first-order valence-corrected chi connectivity index (χ1v) is 8.99. The average molecular weight is 356 g/mol. The topological polar surface area (TPSA) is 85.2 Å². The summed E-state index contributed by atoms with van der Waals surface area (Å²) in [6, 6.07) is 3.99. The van der Waals surface area contributed by atoms with Crippen LogP contribution < -0.4 is 10.2 Å². The standard InChI is InChI=1S/C18H24N6O2/c1-13-3-4-16(22-21-13)24-11-18(12-24)6-5-14(10-26-18)7-19-17(25)15-8-20-23(2)9-15/h3-4,8-9,14H,5-7,10-12H2,1-2H3,(H,19,25)/t14-/m1/s1. The number of aromatic nitrogens is 4. The van der Waals surface area contributed by atoms with Crippen LogP contribution in [0.25, 0.3) is 0 Å². The lowest BCUT2D eigenvalue weighted by Crippen LogP contribution is -2.65. The molecule has 2 saturated heterocycles. The van der Waals surface area contributed by atoms with Gasteiger partial charge in [0.15, 0.2) is 5.82 Å². The molecule has 138 valence electrons. The van der Waals surface area contributed by atoms with Gasteiger partial charge in [0.25, 0.3) is 5.91 Å². The monoisotopic (exact) mass is 356 g/mol. The van der Waals surface area contributed by atoms with Crippen molar-refractivity contribution in [1.82, 2.24) is 25.3 Å². The predicted octanol–water partition coefficient (Wildman–Crippen LogP) is 0.934. The van der Waals surface area contributed by atoms with E-state index in [0.717, 1.165) is 37.4 Å². The maximum Gasteiger partial charge on any atom is 0.254 e. The van der Waals surface area contributed by atoms with Crippen LogP contribution in [0.5, 0.6) is 0 Å². The second-order valence-electron chi connectivity index (χ2n) is 7.40. The second kappa shape index (κ2) is 6.68. The van der Waals surface area contributed by atoms with E-state index in [-0.39, 0.29) is 11.5 Å². The van der Waals surface area contributed by atoms with Crippen LogP contribution in [0.15, 0.2) is 24.5 Å². The number of carbonyl (C=O) groups is 1. The Balaban J connectivity index is 1.22. The van der Waals surface area contributed by atoms with Gasteiger partial charge < -0.3 is 15.0 Å². The number of aryl methyl sites for hydroxylation is 2. The van der Waals surface area contributed by atoms with Gasteiger partial charge in [-0.3, -0.25) is 9.48 Å². The largest absolute Gasteiger partial charge is 0.371 e. The zero-order valence-corrected chi connectivity index (χ0v) is 15.2. The second-order valence-corrected chi connectivity index (χ2v) is 7.40. The fourth-order valence-corrected chi connectivity index (χ4v) is 3.58. The number of nitrogens with one attached hydrogen (secondary N) is 1. The summed E-state index contributed by atoms with van der Waals surface area (Å²) < 4.78 is 7.80. The quantitative estimate of drug-likeness (QED) is 0.877. The Morgan fingerprint density at radius 2 is 2.23 bits per heavy atom. The Labute approximate surface area is 152 Å². The van der Waals surface area contributed by atoms with Crippen molar-refractivity contribution < 1.29 is 9.53 Å². The van der Waals surface area contributed by atoms with Crippen LogP contribution in [0.1, 0.15) is 28.9 Å². The predicted molar refractivity (Wildman–Crippen MR) is 95.9 cm³/mol. The third-order valence-corrected chi connectivity index (χ3v) is 5.22. The Bertz CT molecular complexity index is 771. The fraction of sp³-hybridized carbons (Fsp3) is 0.556. The summed E-state index contributed by atoms with van der Waals surface area (Å²) >= 11 is 0. The Morgan fingerprint density at radius 3 is 2.85 bits per heavy atom. The molecular formula is C18H24N6O2. The highest BCUT2D eigenvalue weighted by molar-refractivity contribution is 5.93. The summed E-state index contributed by atoms with van der Waals surface area (Å²) in [4.78, 5) is 14.3. The lowest BCUT2D eigenvalue weighted by molar-refractivity contribution is -0.115. The number of hydrogen-bond donors (Lipinski definition) is 1. The molecule has 0 saturated carbocycles. The van der Waals surface area contributed by atoms with Gasteiger partial charge in [-0.15, -0.1) is 5.10 Å². The maximum atomic E-state index is 12.1. The van der Waals surface area contributed by atoms with E-state index in [0.29, 0.717) is 24.6 Å². The van der Waals surface area contributed by atoms with Gasteiger partial charge in [0.2, 0.25) is 0 Å². The lowest BCUT2D eigenvalue weighted by atomic mass is 9.83. The first-order chi connectivity index (χ1) is 12.5. The molecule has 1 N–H and O–H groups in total. The van der Waals surface area contributed by atoms with Gasteiger partial charge in [-0.05, 0) is 37.8 Å². The van der Waals surface area contributed by atoms with Gasteiger partial charge in [0.05, 0.1) is 37.2 Å². The Hall–Kier alpha value is -2.48. The molecule has 26 heavy (non-hydrogen) atoms. The first-order valence-electron chi connectivity index (χ1n) is 8.99. The molecule has 8 heteroatoms. The van der Waals surface area contributed by atoms with Gasteiger partial charge >= 0.3 is 0 Å². The summed E-state index contributed by atoms with van der Waals surface area (Å²) in [7, 11) is 1.80. The molecule has 2 fully saturated rings. The maximum absolute atomic E-state index is 12.1. The minimum Gasteiger partial charge on any atom is -0.371 e. The molecule has 8 nitrogen and oxygen atoms in total. The molecule has 2 aliphatic heterocycles. The molecule has 2 aromatic heterocycles. The summed E-state index contributed by atoms with van der Waals surface area (Å²) in [5.41, 5.74) is 1.46. The normalized spacial score (nSPS) is 21.5. The summed E-state index contributed by atoms with van der Waals surface area (Å²) in [5.74, 6) is 1.19. The first kappa shape index (κ1) is 17.0. The van der Waals surface area contributed by atoms with Crippen LogP contribution in [0, 0.1) is 12.8 Å². The van der Waals surface area contributed by atoms with E-state index in [2.05, 4.69) is 25.5 Å². The highest BCUT2D eigenvalue weighted by Crippen LogP contribution is 2.37. The van der Waals surface area contributed by atoms with Crippen LogP contribution >= 0.6 is 0 Å². The van der Waals surface area contributed by atoms with Crippen molar-refractivity contribution in [3.05, 3.63) is 35.8 Å². The SMILES string of the molecule is Cc1ccc(N2CC3(CC[C@H](CNC(=O)c4cnn(C)c4)CO3)C2)nn1. The van der Waals surface area contributed by atoms with E-state index in [1.54, 1.807) is 24.1 Å². The van der Waals surface area contributed by atoms with E-state index < -0.39 is 0 Å². The molecule has 4 rings (SSSR count). The van der Waals surface area contributed by atoms with Crippen LogP contribution in [0.4, 0.5) is 5.82 Å². The number of rotatable bonds is 4. The van der Waals surface area contributed by atoms with E-state index in [4.69, 9.17) is 4.74 Å². The van der Waals surface area contributed by atoms with Crippen molar-refractivity contribution >= 4 is 11.7 Å². The van der Waals surface area contributed by atoms with Crippen molar-refractivity contribution in [2.75, 3.05) is 31.1 Å². The number of ether oxygens (including phenoxy) is 1. The van der Waals surface area contributed by atoms with Crippen molar-refractivity contribution in [2.45, 2.75) is 25.4 Å². The van der Waals surface area contributed by atoms with Crippen molar-refractivity contribution in [1.29, 1.82) is 0 Å². The fourth-order valence-electron chi connectivity index (χ4n) is 3.58. The molecule has 2 aromatic rings. The highest BCUT2D eigenvalue weighted by atomic mass is 16.5. The minimum atomic E-state index is -0.0776. The Morgan fingerprint density at radius 1 is 1.38 bits per heavy atom. The van der Waals surface area contributed by atoms with E-state index >= 15 is 0 Å². The number of hydrogen-bond acceptors (Lipinski definition) is 6. The molecule has 0 aromatic carbocycles. The van der Waals surface area contributed by atoms with Gasteiger partial charge in [0, 0.05) is 19.8 Å². The number of anilines is 1. The van der Waals surface area contributed by atoms with Crippen LogP contribution in [-0.4, -0.2) is 57.7 Å². The minimum absolute atomic E-state index is 0.0591. The summed E-state index contributed by atoms with van der Waals surface area (Å²) in [5, 5.41) is 15.4. The third kappa shape index (κ3) is 3.41. The molecule has 0 aliphatic carbocycles. The smallest absolute Gasteiger partial charge is 0.254 e. The molecule has 4 heterocycles. The van der Waals surface area contributed by atoms with Crippen LogP contribution in [-0.2, 0) is 11.8 Å². The molecule has 0 unspecified atom stereocenters. The van der Waals surface area contributed by atoms with E-state index in [9.17, 15) is 4.79 Å². The number of nitrogens with zero attached hydrogens (tertiary/aromatic N) is 5. The van der Waals surface area contributed by atoms with Crippen LogP contribution in [0.3, 0.4) is 0 Å². The lowest BCUT2D eigenvalue weighted by Gasteiger charge is -2.53.